The molecule has 3 amide bonds. The van der Waals surface area contributed by atoms with Crippen LogP contribution in [-0.4, -0.2) is 46.5 Å². The molecular weight excluding hydrogens is 572 g/mol. The molecule has 0 atom stereocenters. The minimum atomic E-state index is -0.429. The fourth-order valence-corrected chi connectivity index (χ4v) is 5.25. The van der Waals surface area contributed by atoms with Gasteiger partial charge in [0.2, 0.25) is 5.91 Å². The van der Waals surface area contributed by atoms with E-state index in [4.69, 9.17) is 4.74 Å². The number of halogens is 2. The predicted molar refractivity (Wildman–Crippen MR) is 136 cm³/mol. The molecule has 2 fully saturated rings. The van der Waals surface area contributed by atoms with Gasteiger partial charge in [0.1, 0.15) is 18.9 Å². The molecule has 0 N–H and O–H groups in total. The number of hydrogen-bond donors (Lipinski definition) is 0. The van der Waals surface area contributed by atoms with E-state index in [-0.39, 0.29) is 12.5 Å². The SMILES string of the molecule is O=C(CN1C(=O)S/C(=C\c2ccc(OCc3ccc(Br)cc3)c(Br)c2)C1=O)N1CCCCC1. The molecule has 9 heteroatoms. The highest BCUT2D eigenvalue weighted by molar-refractivity contribution is 9.10. The van der Waals surface area contributed by atoms with E-state index in [0.717, 1.165) is 56.0 Å². The normalized spacial score (nSPS) is 17.7. The highest BCUT2D eigenvalue weighted by Gasteiger charge is 2.37. The molecule has 2 aliphatic rings. The summed E-state index contributed by atoms with van der Waals surface area (Å²) in [7, 11) is 0. The van der Waals surface area contributed by atoms with Gasteiger partial charge in [-0.15, -0.1) is 0 Å². The molecule has 0 aromatic heterocycles. The Morgan fingerprint density at radius 2 is 1.76 bits per heavy atom. The van der Waals surface area contributed by atoms with Gasteiger partial charge in [0.25, 0.3) is 11.1 Å². The van der Waals surface area contributed by atoms with Crippen molar-refractivity contribution in [1.29, 1.82) is 0 Å². The molecule has 172 valence electrons. The Balaban J connectivity index is 1.40. The molecule has 2 aromatic rings. The Morgan fingerprint density at radius 3 is 2.45 bits per heavy atom. The van der Waals surface area contributed by atoms with E-state index < -0.39 is 11.1 Å². The molecule has 0 aliphatic carbocycles. The van der Waals surface area contributed by atoms with Gasteiger partial charge in [-0.2, -0.15) is 0 Å². The number of nitrogens with zero attached hydrogens (tertiary/aromatic N) is 2. The number of hydrogen-bond acceptors (Lipinski definition) is 5. The van der Waals surface area contributed by atoms with E-state index in [9.17, 15) is 14.4 Å². The Hall–Kier alpha value is -2.10. The van der Waals surface area contributed by atoms with Crippen molar-refractivity contribution >= 4 is 66.8 Å². The van der Waals surface area contributed by atoms with Crippen LogP contribution in [0.5, 0.6) is 5.75 Å². The largest absolute Gasteiger partial charge is 0.488 e. The van der Waals surface area contributed by atoms with Crippen LogP contribution in [0.15, 0.2) is 56.3 Å². The van der Waals surface area contributed by atoms with Gasteiger partial charge in [-0.05, 0) is 88.4 Å². The summed E-state index contributed by atoms with van der Waals surface area (Å²) in [6.45, 7) is 1.61. The van der Waals surface area contributed by atoms with E-state index in [2.05, 4.69) is 31.9 Å². The third-order valence-electron chi connectivity index (χ3n) is 5.44. The second-order valence-corrected chi connectivity index (χ2v) is 10.6. The van der Waals surface area contributed by atoms with Gasteiger partial charge in [0.05, 0.1) is 9.38 Å². The van der Waals surface area contributed by atoms with Crippen molar-refractivity contribution in [2.75, 3.05) is 19.6 Å². The number of thioether (sulfide) groups is 1. The zero-order valence-corrected chi connectivity index (χ0v) is 21.7. The van der Waals surface area contributed by atoms with Gasteiger partial charge in [0.15, 0.2) is 0 Å². The highest BCUT2D eigenvalue weighted by atomic mass is 79.9. The maximum Gasteiger partial charge on any atom is 0.294 e. The average Bonchev–Trinajstić information content (AvgIpc) is 3.07. The fraction of sp³-hybridized carbons (Fsp3) is 0.292. The number of carbonyl (C=O) groups is 3. The first-order chi connectivity index (χ1) is 15.9. The molecule has 0 spiro atoms. The minimum Gasteiger partial charge on any atom is -0.488 e. The smallest absolute Gasteiger partial charge is 0.294 e. The lowest BCUT2D eigenvalue weighted by atomic mass is 10.1. The average molecular weight is 594 g/mol. The van der Waals surface area contributed by atoms with E-state index in [0.29, 0.717) is 30.4 Å². The van der Waals surface area contributed by atoms with E-state index >= 15 is 0 Å². The second kappa shape index (κ2) is 10.9. The quantitative estimate of drug-likeness (QED) is 0.394. The van der Waals surface area contributed by atoms with Crippen molar-refractivity contribution in [3.05, 3.63) is 67.4 Å². The third kappa shape index (κ3) is 6.07. The summed E-state index contributed by atoms with van der Waals surface area (Å²) in [6, 6.07) is 13.4. The van der Waals surface area contributed by atoms with Gasteiger partial charge in [-0.3, -0.25) is 19.3 Å². The Labute approximate surface area is 213 Å². The molecule has 6 nitrogen and oxygen atoms in total. The van der Waals surface area contributed by atoms with Crippen molar-refractivity contribution < 1.29 is 19.1 Å². The number of imide groups is 1. The second-order valence-electron chi connectivity index (χ2n) is 7.81. The van der Waals surface area contributed by atoms with Crippen molar-refractivity contribution in [2.45, 2.75) is 25.9 Å². The lowest BCUT2D eigenvalue weighted by Gasteiger charge is -2.27. The van der Waals surface area contributed by atoms with Crippen LogP contribution < -0.4 is 4.74 Å². The zero-order valence-electron chi connectivity index (χ0n) is 17.8. The van der Waals surface area contributed by atoms with Crippen LogP contribution in [0.1, 0.15) is 30.4 Å². The summed E-state index contributed by atoms with van der Waals surface area (Å²) in [4.78, 5) is 40.8. The summed E-state index contributed by atoms with van der Waals surface area (Å²) < 4.78 is 7.64. The van der Waals surface area contributed by atoms with Crippen molar-refractivity contribution in [2.24, 2.45) is 0 Å². The van der Waals surface area contributed by atoms with Crippen LogP contribution >= 0.6 is 43.6 Å². The van der Waals surface area contributed by atoms with Crippen molar-refractivity contribution in [3.8, 4) is 5.75 Å². The van der Waals surface area contributed by atoms with Crippen LogP contribution in [0.2, 0.25) is 0 Å². The topological polar surface area (TPSA) is 66.9 Å². The Bertz CT molecular complexity index is 1100. The standard InChI is InChI=1S/C24H22Br2N2O4S/c25-18-7-4-16(5-8-18)15-32-20-9-6-17(12-19(20)26)13-21-23(30)28(24(31)33-21)14-22(29)27-10-2-1-3-11-27/h4-9,12-13H,1-3,10-11,14-15H2/b21-13-. The fourth-order valence-electron chi connectivity index (χ4n) is 3.63. The first-order valence-corrected chi connectivity index (χ1v) is 13.0. The first kappa shape index (κ1) is 24.0. The molecule has 0 saturated carbocycles. The van der Waals surface area contributed by atoms with Gasteiger partial charge >= 0.3 is 0 Å². The maximum absolute atomic E-state index is 12.8. The molecule has 2 aromatic carbocycles. The number of ether oxygens (including phenoxy) is 1. The van der Waals surface area contributed by atoms with E-state index in [1.54, 1.807) is 11.0 Å². The number of rotatable bonds is 6. The molecule has 0 radical (unpaired) electrons. The van der Waals surface area contributed by atoms with Crippen molar-refractivity contribution in [3.63, 3.8) is 0 Å². The van der Waals surface area contributed by atoms with Gasteiger partial charge in [-0.1, -0.05) is 34.1 Å². The lowest BCUT2D eigenvalue weighted by molar-refractivity contribution is -0.136. The summed E-state index contributed by atoms with van der Waals surface area (Å²) in [5.41, 5.74) is 1.80. The maximum atomic E-state index is 12.8. The predicted octanol–water partition coefficient (Wildman–Crippen LogP) is 5.84. The number of amides is 3. The van der Waals surface area contributed by atoms with Gasteiger partial charge < -0.3 is 9.64 Å². The van der Waals surface area contributed by atoms with Crippen LogP contribution in [-0.2, 0) is 16.2 Å². The summed E-state index contributed by atoms with van der Waals surface area (Å²) in [6.07, 6.45) is 4.70. The summed E-state index contributed by atoms with van der Waals surface area (Å²) in [5, 5.41) is -0.412. The Morgan fingerprint density at radius 1 is 1.03 bits per heavy atom. The van der Waals surface area contributed by atoms with Gasteiger partial charge in [-0.25, -0.2) is 0 Å². The monoisotopic (exact) mass is 592 g/mol. The molecule has 2 heterocycles. The molecule has 33 heavy (non-hydrogen) atoms. The van der Waals surface area contributed by atoms with Crippen LogP contribution in [0, 0.1) is 0 Å². The number of benzene rings is 2. The first-order valence-electron chi connectivity index (χ1n) is 10.6. The molecule has 4 rings (SSSR count). The molecule has 0 unspecified atom stereocenters. The van der Waals surface area contributed by atoms with Crippen molar-refractivity contribution in [1.82, 2.24) is 9.80 Å². The number of likely N-dealkylation sites (tertiary alicyclic amines) is 1. The third-order valence-corrected chi connectivity index (χ3v) is 7.49. The number of piperidine rings is 1. The highest BCUT2D eigenvalue weighted by Crippen LogP contribution is 2.34. The van der Waals surface area contributed by atoms with Gasteiger partial charge in [0, 0.05) is 17.6 Å². The van der Waals surface area contributed by atoms with Crippen LogP contribution in [0.4, 0.5) is 4.79 Å². The van der Waals surface area contributed by atoms with Crippen LogP contribution in [0.25, 0.3) is 6.08 Å². The summed E-state index contributed by atoms with van der Waals surface area (Å²) in [5.74, 6) is 0.0746. The molecule has 2 saturated heterocycles. The summed E-state index contributed by atoms with van der Waals surface area (Å²) >= 11 is 7.79. The Kier molecular flexibility index (Phi) is 7.93. The molecular formula is C24H22Br2N2O4S. The van der Waals surface area contributed by atoms with E-state index in [1.165, 1.54) is 0 Å². The molecule has 0 bridgehead atoms. The van der Waals surface area contributed by atoms with E-state index in [1.807, 2.05) is 42.5 Å². The minimum absolute atomic E-state index is 0.173. The van der Waals surface area contributed by atoms with Crippen LogP contribution in [0.3, 0.4) is 0 Å². The zero-order chi connectivity index (χ0) is 23.4. The lowest BCUT2D eigenvalue weighted by Crippen LogP contribution is -2.44. The number of carbonyl (C=O) groups excluding carboxylic acids is 3. The molecule has 2 aliphatic heterocycles.